The average Bonchev–Trinajstić information content (AvgIpc) is 3.87. The van der Waals surface area contributed by atoms with Crippen LogP contribution in [0.2, 0.25) is 0 Å². The van der Waals surface area contributed by atoms with Crippen molar-refractivity contribution >= 4 is 31.9 Å². The van der Waals surface area contributed by atoms with E-state index in [-0.39, 0.29) is 70.7 Å². The summed E-state index contributed by atoms with van der Waals surface area (Å²) in [5, 5.41) is 26.6. The number of nitrogens with one attached hydrogen (secondary N) is 1. The van der Waals surface area contributed by atoms with Crippen LogP contribution in [0.1, 0.15) is 208 Å². The van der Waals surface area contributed by atoms with Crippen molar-refractivity contribution in [3.8, 4) is 23.7 Å². The lowest BCUT2D eigenvalue weighted by Gasteiger charge is -2.62. The van der Waals surface area contributed by atoms with Crippen LogP contribution >= 0.6 is 0 Å². The van der Waals surface area contributed by atoms with Gasteiger partial charge < -0.3 is 15.5 Å². The molecule has 8 fully saturated rings. The number of aliphatic hydroxyl groups is 2. The van der Waals surface area contributed by atoms with Crippen LogP contribution in [0.5, 0.6) is 0 Å². The molecule has 13 heteroatoms. The first-order valence-electron chi connectivity index (χ1n) is 29.9. The topological polar surface area (TPSA) is 195 Å². The van der Waals surface area contributed by atoms with Crippen molar-refractivity contribution in [2.45, 2.75) is 221 Å². The first kappa shape index (κ1) is 58.2. The summed E-state index contributed by atoms with van der Waals surface area (Å²) >= 11 is 0. The summed E-state index contributed by atoms with van der Waals surface area (Å²) < 4.78 is 62.3. The maximum absolute atomic E-state index is 12.6. The SMILES string of the molecule is C[C@@H](CCC(=O)NCCS(=O)(=O)O)[C@H]1CC[C@@H]2[C@H]3[C@H](O)CC4C[C@@H](CCC#CC#CCC[C@@H]5CC[C@@]6(C)C(C5)C[C@H](O)[C@H]5[C@@H]7CC[C@H]([C@@H](C)CCC(=O)CCCS(=O)(=O)O)[C@@]7(C)CC[C@@H]56)CC[C@@]4(C)[C@@H]3CC[C@]21C. The van der Waals surface area contributed by atoms with E-state index in [0.29, 0.717) is 95.7 Å². The maximum Gasteiger partial charge on any atom is 0.266 e. The Labute approximate surface area is 447 Å². The van der Waals surface area contributed by atoms with Crippen LogP contribution in [0.3, 0.4) is 0 Å². The van der Waals surface area contributed by atoms with Gasteiger partial charge in [-0.3, -0.25) is 18.7 Å². The third-order valence-electron chi connectivity index (χ3n) is 23.9. The average molecular weight is 1070 g/mol. The van der Waals surface area contributed by atoms with Crippen molar-refractivity contribution in [1.29, 1.82) is 0 Å². The highest BCUT2D eigenvalue weighted by atomic mass is 32.2. The lowest BCUT2D eigenvalue weighted by molar-refractivity contribution is -0.169. The number of Topliss-reactive ketones (excluding diaryl/α,β-unsaturated/α-hetero) is 1. The molecule has 2 unspecified atom stereocenters. The predicted molar refractivity (Wildman–Crippen MR) is 291 cm³/mol. The molecule has 20 atom stereocenters. The highest BCUT2D eigenvalue weighted by Gasteiger charge is 2.64. The van der Waals surface area contributed by atoms with Gasteiger partial charge in [-0.25, -0.2) is 0 Å². The van der Waals surface area contributed by atoms with Crippen LogP contribution in [0.4, 0.5) is 0 Å². The molecule has 5 N–H and O–H groups in total. The molecule has 0 radical (unpaired) electrons. The highest BCUT2D eigenvalue weighted by Crippen LogP contribution is 2.71. The number of ketones is 1. The second-order valence-electron chi connectivity index (χ2n) is 27.6. The fourth-order valence-electron chi connectivity index (χ4n) is 20.0. The van der Waals surface area contributed by atoms with Gasteiger partial charge in [0, 0.05) is 38.6 Å². The summed E-state index contributed by atoms with van der Waals surface area (Å²) in [5.41, 5.74) is 0.876. The summed E-state index contributed by atoms with van der Waals surface area (Å²) in [6.07, 6.45) is 24.7. The zero-order valence-electron chi connectivity index (χ0n) is 46.3. The molecule has 0 saturated heterocycles. The van der Waals surface area contributed by atoms with Gasteiger partial charge in [-0.2, -0.15) is 16.8 Å². The van der Waals surface area contributed by atoms with Gasteiger partial charge in [-0.1, -0.05) is 53.4 Å². The number of hydrogen-bond acceptors (Lipinski definition) is 8. The summed E-state index contributed by atoms with van der Waals surface area (Å²) in [4.78, 5) is 25.1. The van der Waals surface area contributed by atoms with E-state index >= 15 is 0 Å². The van der Waals surface area contributed by atoms with Crippen molar-refractivity contribution in [2.75, 3.05) is 18.1 Å². The van der Waals surface area contributed by atoms with E-state index in [1.165, 1.54) is 64.2 Å². The molecule has 0 spiro atoms. The monoisotopic (exact) mass is 1070 g/mol. The Morgan fingerprint density at radius 3 is 1.46 bits per heavy atom. The van der Waals surface area contributed by atoms with Gasteiger partial charge >= 0.3 is 0 Å². The lowest BCUT2D eigenvalue weighted by Crippen LogP contribution is -2.58. The Morgan fingerprint density at radius 1 is 0.568 bits per heavy atom. The van der Waals surface area contributed by atoms with Gasteiger partial charge in [0.15, 0.2) is 0 Å². The van der Waals surface area contributed by atoms with Gasteiger partial charge in [0.05, 0.1) is 23.7 Å². The third kappa shape index (κ3) is 12.5. The number of fused-ring (bicyclic) bond motifs is 10. The molecule has 11 nitrogen and oxygen atoms in total. The molecule has 0 aromatic rings. The molecule has 8 rings (SSSR count). The fraction of sp³-hybridized carbons (Fsp3) is 0.902. The Balaban J connectivity index is 0.745. The van der Waals surface area contributed by atoms with Crippen LogP contribution in [0.25, 0.3) is 0 Å². The van der Waals surface area contributed by atoms with Crippen LogP contribution < -0.4 is 5.32 Å². The van der Waals surface area contributed by atoms with Crippen LogP contribution in [-0.2, 0) is 29.8 Å². The van der Waals surface area contributed by atoms with E-state index < -0.39 is 26.0 Å². The standard InChI is InChI=1S/C61H97NO10S2/c1-40(17-19-46(63)16-13-34-73(67,68)69)47-20-22-49-56-51(27-31-60(47,49)5)58(3)29-25-42(36-44(58)38-53(56)64)14-11-9-7-8-10-12-15-43-26-30-59(4)45(37-43)39-54(65)57-50-23-21-48(61(50,6)32-28-52(57)59)41(2)18-24-55(66)62-33-35-74(70,71)72/h40-45,47-54,56-57,64-65H,11-39H2,1-6H3,(H,62,66)(H,67,68,69)(H,70,71,72)/t40-,41-,42+,43-,44?,45?,47+,48+,49-,50+,51-,52+,53-,54+,56-,57+,58-,59+,60+,61-/m0/s1. The first-order chi connectivity index (χ1) is 34.9. The molecule has 418 valence electrons. The quantitative estimate of drug-likeness (QED) is 0.0613. The van der Waals surface area contributed by atoms with Crippen molar-refractivity contribution in [3.05, 3.63) is 0 Å². The van der Waals surface area contributed by atoms with Gasteiger partial charge in [0.25, 0.3) is 20.2 Å². The first-order valence-corrected chi connectivity index (χ1v) is 33.1. The Bertz CT molecular complexity index is 2190. The van der Waals surface area contributed by atoms with Gasteiger partial charge in [0.1, 0.15) is 5.78 Å². The largest absolute Gasteiger partial charge is 0.393 e. The molecular formula is C61H97NO10S2. The molecule has 0 aromatic heterocycles. The molecule has 74 heavy (non-hydrogen) atoms. The summed E-state index contributed by atoms with van der Waals surface area (Å²) in [6.45, 7) is 14.6. The second-order valence-corrected chi connectivity index (χ2v) is 30.8. The van der Waals surface area contributed by atoms with Crippen LogP contribution in [-0.4, -0.2) is 78.1 Å². The van der Waals surface area contributed by atoms with Gasteiger partial charge in [0.2, 0.25) is 5.91 Å². The molecular weight excluding hydrogens is 971 g/mol. The van der Waals surface area contributed by atoms with Gasteiger partial charge in [-0.05, 0) is 251 Å². The minimum atomic E-state index is -4.10. The van der Waals surface area contributed by atoms with Crippen LogP contribution in [0.15, 0.2) is 0 Å². The molecule has 1 amide bonds. The fourth-order valence-corrected chi connectivity index (χ4v) is 20.9. The second kappa shape index (κ2) is 23.4. The number of amides is 1. The molecule has 0 bridgehead atoms. The number of aliphatic hydroxyl groups excluding tert-OH is 2. The molecule has 0 aromatic carbocycles. The van der Waals surface area contributed by atoms with Crippen molar-refractivity contribution < 1.29 is 45.7 Å². The van der Waals surface area contributed by atoms with E-state index in [4.69, 9.17) is 9.11 Å². The summed E-state index contributed by atoms with van der Waals surface area (Å²) in [6, 6.07) is 0. The molecule has 8 saturated carbocycles. The van der Waals surface area contributed by atoms with E-state index in [1.54, 1.807) is 0 Å². The van der Waals surface area contributed by atoms with E-state index in [0.717, 1.165) is 77.0 Å². The van der Waals surface area contributed by atoms with E-state index in [1.807, 2.05) is 0 Å². The van der Waals surface area contributed by atoms with E-state index in [9.17, 15) is 36.6 Å². The number of carbonyl (C=O) groups excluding carboxylic acids is 2. The third-order valence-corrected chi connectivity index (χ3v) is 25.5. The minimum absolute atomic E-state index is 0.0732. The smallest absolute Gasteiger partial charge is 0.266 e. The summed E-state index contributed by atoms with van der Waals surface area (Å²) in [5.74, 6) is 19.4. The normalized spacial score (nSPS) is 42.2. The zero-order chi connectivity index (χ0) is 53.4. The zero-order valence-corrected chi connectivity index (χ0v) is 47.9. The lowest BCUT2D eigenvalue weighted by atomic mass is 9.43. The number of carbonyl (C=O) groups is 2. The minimum Gasteiger partial charge on any atom is -0.393 e. The summed E-state index contributed by atoms with van der Waals surface area (Å²) in [7, 11) is -8.14. The van der Waals surface area contributed by atoms with Crippen LogP contribution in [0, 0.1) is 128 Å². The Morgan fingerprint density at radius 2 is 1.00 bits per heavy atom. The van der Waals surface area contributed by atoms with Crippen molar-refractivity contribution in [2.24, 2.45) is 105 Å². The van der Waals surface area contributed by atoms with Gasteiger partial charge in [-0.15, -0.1) is 0 Å². The molecule has 8 aliphatic rings. The van der Waals surface area contributed by atoms with Crippen molar-refractivity contribution in [1.82, 2.24) is 5.32 Å². The van der Waals surface area contributed by atoms with E-state index in [2.05, 4.69) is 70.5 Å². The number of hydrogen-bond donors (Lipinski definition) is 5. The maximum atomic E-state index is 12.6. The molecule has 8 aliphatic carbocycles. The predicted octanol–water partition coefficient (Wildman–Crippen LogP) is 11.1. The Hall–Kier alpha value is -2.00. The van der Waals surface area contributed by atoms with Crippen molar-refractivity contribution in [3.63, 3.8) is 0 Å². The Kier molecular flexibility index (Phi) is 18.4. The number of rotatable bonds is 19. The highest BCUT2D eigenvalue weighted by molar-refractivity contribution is 7.86. The molecule has 0 aliphatic heterocycles. The molecule has 0 heterocycles.